The molecule has 3 rings (SSSR count). The second kappa shape index (κ2) is 11.3. The molecule has 0 amide bonds. The topological polar surface area (TPSA) is 0 Å². The van der Waals surface area contributed by atoms with E-state index in [0.717, 1.165) is 22.8 Å². The van der Waals surface area contributed by atoms with Gasteiger partial charge in [-0.25, -0.2) is 0 Å². The molecule has 2 aliphatic rings. The molecule has 0 spiro atoms. The Morgan fingerprint density at radius 1 is 0.852 bits per heavy atom. The first-order valence-electron chi connectivity index (χ1n) is 11.7. The molecule has 0 bridgehead atoms. The third-order valence-electron chi connectivity index (χ3n) is 7.20. The summed E-state index contributed by atoms with van der Waals surface area (Å²) in [6.07, 6.45) is 22.5. The molecule has 1 aromatic rings. The van der Waals surface area contributed by atoms with Gasteiger partial charge in [-0.2, -0.15) is 0 Å². The van der Waals surface area contributed by atoms with Gasteiger partial charge < -0.3 is 0 Å². The molecule has 2 aliphatic carbocycles. The molecule has 150 valence electrons. The summed E-state index contributed by atoms with van der Waals surface area (Å²) in [4.78, 5) is 0. The summed E-state index contributed by atoms with van der Waals surface area (Å²) < 4.78 is 0. The van der Waals surface area contributed by atoms with Crippen LogP contribution < -0.4 is 0 Å². The fraction of sp³-hybridized carbons (Fsp3) is 0.692. The van der Waals surface area contributed by atoms with Crippen molar-refractivity contribution in [2.45, 2.75) is 96.8 Å². The Morgan fingerprint density at radius 2 is 1.59 bits per heavy atom. The van der Waals surface area contributed by atoms with Crippen LogP contribution in [0.4, 0.5) is 0 Å². The summed E-state index contributed by atoms with van der Waals surface area (Å²) in [7, 11) is 0. The normalized spacial score (nSPS) is 26.0. The first kappa shape index (κ1) is 21.0. The predicted octanol–water partition coefficient (Wildman–Crippen LogP) is 9.08. The standard InChI is InChI=1S/C26H39Cl/c1-2-3-4-5-6-7-10-21-13-15-22(16-14-21)23-17-19-24(20-18-23)25-11-8-9-12-26(25)27/h8-9,11-12,19,21-23H,2-7,10,13-18,20H2,1H3. The Hall–Kier alpha value is -0.750. The van der Waals surface area contributed by atoms with E-state index in [0.29, 0.717) is 0 Å². The van der Waals surface area contributed by atoms with E-state index in [1.54, 1.807) is 0 Å². The lowest BCUT2D eigenvalue weighted by Gasteiger charge is -2.35. The largest absolute Gasteiger partial charge is 0.0837 e. The van der Waals surface area contributed by atoms with Crippen molar-refractivity contribution in [3.63, 3.8) is 0 Å². The highest BCUT2D eigenvalue weighted by Gasteiger charge is 2.28. The highest BCUT2D eigenvalue weighted by Crippen LogP contribution is 2.42. The molecule has 1 atom stereocenters. The summed E-state index contributed by atoms with van der Waals surface area (Å²) in [5.41, 5.74) is 2.74. The Kier molecular flexibility index (Phi) is 8.78. The maximum absolute atomic E-state index is 6.39. The van der Waals surface area contributed by atoms with E-state index < -0.39 is 0 Å². The zero-order valence-electron chi connectivity index (χ0n) is 17.4. The summed E-state index contributed by atoms with van der Waals surface area (Å²) >= 11 is 6.39. The van der Waals surface area contributed by atoms with Crippen molar-refractivity contribution in [2.75, 3.05) is 0 Å². The monoisotopic (exact) mass is 386 g/mol. The van der Waals surface area contributed by atoms with Crippen LogP contribution in [0.5, 0.6) is 0 Å². The van der Waals surface area contributed by atoms with Crippen LogP contribution in [-0.2, 0) is 0 Å². The number of hydrogen-bond acceptors (Lipinski definition) is 0. The van der Waals surface area contributed by atoms with Crippen LogP contribution in [0.2, 0.25) is 5.02 Å². The average molecular weight is 387 g/mol. The molecule has 0 aliphatic heterocycles. The van der Waals surface area contributed by atoms with Crippen LogP contribution in [0.15, 0.2) is 30.3 Å². The van der Waals surface area contributed by atoms with Crippen LogP contribution in [0.3, 0.4) is 0 Å². The van der Waals surface area contributed by atoms with E-state index in [1.807, 2.05) is 12.1 Å². The van der Waals surface area contributed by atoms with Gasteiger partial charge >= 0.3 is 0 Å². The molecule has 0 saturated heterocycles. The number of rotatable bonds is 9. The van der Waals surface area contributed by atoms with Gasteiger partial charge in [0.2, 0.25) is 0 Å². The minimum Gasteiger partial charge on any atom is -0.0837 e. The molecule has 1 saturated carbocycles. The van der Waals surface area contributed by atoms with E-state index in [2.05, 4.69) is 25.1 Å². The fourth-order valence-corrected chi connectivity index (χ4v) is 5.67. The molecule has 0 aromatic heterocycles. The number of halogens is 1. The van der Waals surface area contributed by atoms with E-state index in [-0.39, 0.29) is 0 Å². The Bertz CT molecular complexity index is 580. The summed E-state index contributed by atoms with van der Waals surface area (Å²) in [5, 5.41) is 0.914. The van der Waals surface area contributed by atoms with Crippen molar-refractivity contribution in [3.05, 3.63) is 40.9 Å². The lowest BCUT2D eigenvalue weighted by Crippen LogP contribution is -2.23. The summed E-state index contributed by atoms with van der Waals surface area (Å²) in [6.45, 7) is 2.30. The molecule has 0 nitrogen and oxygen atoms in total. The zero-order valence-corrected chi connectivity index (χ0v) is 18.2. The van der Waals surface area contributed by atoms with Crippen molar-refractivity contribution in [2.24, 2.45) is 17.8 Å². The number of benzene rings is 1. The minimum absolute atomic E-state index is 0.914. The highest BCUT2D eigenvalue weighted by atomic mass is 35.5. The van der Waals surface area contributed by atoms with E-state index in [4.69, 9.17) is 11.6 Å². The summed E-state index contributed by atoms with van der Waals surface area (Å²) in [6, 6.07) is 8.35. The molecular formula is C26H39Cl. The van der Waals surface area contributed by atoms with Gasteiger partial charge in [-0.15, -0.1) is 0 Å². The molecule has 0 heterocycles. The van der Waals surface area contributed by atoms with Gasteiger partial charge in [0.15, 0.2) is 0 Å². The molecule has 0 radical (unpaired) electrons. The van der Waals surface area contributed by atoms with Crippen molar-refractivity contribution < 1.29 is 0 Å². The number of unbranched alkanes of at least 4 members (excludes halogenated alkanes) is 5. The average Bonchev–Trinajstić information content (AvgIpc) is 2.72. The van der Waals surface area contributed by atoms with Crippen LogP contribution in [0, 0.1) is 17.8 Å². The molecule has 1 aromatic carbocycles. The molecule has 0 N–H and O–H groups in total. The Balaban J connectivity index is 1.36. The molecule has 27 heavy (non-hydrogen) atoms. The highest BCUT2D eigenvalue weighted by molar-refractivity contribution is 6.32. The summed E-state index contributed by atoms with van der Waals surface area (Å²) in [5.74, 6) is 2.94. The zero-order chi connectivity index (χ0) is 18.9. The molecule has 1 unspecified atom stereocenters. The first-order valence-corrected chi connectivity index (χ1v) is 12.1. The fourth-order valence-electron chi connectivity index (χ4n) is 5.41. The minimum atomic E-state index is 0.914. The maximum atomic E-state index is 6.39. The first-order chi connectivity index (χ1) is 13.3. The van der Waals surface area contributed by atoms with Gasteiger partial charge in [0.05, 0.1) is 0 Å². The molecule has 1 heteroatoms. The van der Waals surface area contributed by atoms with Crippen molar-refractivity contribution in [1.82, 2.24) is 0 Å². The lowest BCUT2D eigenvalue weighted by molar-refractivity contribution is 0.187. The van der Waals surface area contributed by atoms with E-state index >= 15 is 0 Å². The maximum Gasteiger partial charge on any atom is 0.0481 e. The number of allylic oxidation sites excluding steroid dienone is 2. The Labute approximate surface area is 172 Å². The van der Waals surface area contributed by atoms with E-state index in [9.17, 15) is 0 Å². The third-order valence-corrected chi connectivity index (χ3v) is 7.52. The quantitative estimate of drug-likeness (QED) is 0.371. The van der Waals surface area contributed by atoms with E-state index in [1.165, 1.54) is 101 Å². The van der Waals surface area contributed by atoms with Crippen molar-refractivity contribution in [3.8, 4) is 0 Å². The van der Waals surface area contributed by atoms with Crippen LogP contribution in [0.1, 0.15) is 102 Å². The van der Waals surface area contributed by atoms with Gasteiger partial charge in [0.1, 0.15) is 0 Å². The van der Waals surface area contributed by atoms with Gasteiger partial charge in [-0.05, 0) is 67.1 Å². The molecular weight excluding hydrogens is 348 g/mol. The number of hydrogen-bond donors (Lipinski definition) is 0. The molecule has 1 fully saturated rings. The second-order valence-corrected chi connectivity index (χ2v) is 9.49. The SMILES string of the molecule is CCCCCCCCC1CCC(C2CC=C(c3ccccc3Cl)CC2)CC1. The van der Waals surface area contributed by atoms with Crippen LogP contribution in [0.25, 0.3) is 5.57 Å². The second-order valence-electron chi connectivity index (χ2n) is 9.08. The Morgan fingerprint density at radius 3 is 2.30 bits per heavy atom. The van der Waals surface area contributed by atoms with Crippen LogP contribution >= 0.6 is 11.6 Å². The van der Waals surface area contributed by atoms with Crippen LogP contribution in [-0.4, -0.2) is 0 Å². The lowest BCUT2D eigenvalue weighted by atomic mass is 9.70. The van der Waals surface area contributed by atoms with Gasteiger partial charge in [0, 0.05) is 5.02 Å². The third kappa shape index (κ3) is 6.38. The van der Waals surface area contributed by atoms with Gasteiger partial charge in [-0.1, -0.05) is 101 Å². The van der Waals surface area contributed by atoms with Crippen molar-refractivity contribution in [1.29, 1.82) is 0 Å². The van der Waals surface area contributed by atoms with Gasteiger partial charge in [0.25, 0.3) is 0 Å². The predicted molar refractivity (Wildman–Crippen MR) is 120 cm³/mol. The van der Waals surface area contributed by atoms with Gasteiger partial charge in [-0.3, -0.25) is 0 Å². The van der Waals surface area contributed by atoms with Crippen molar-refractivity contribution >= 4 is 17.2 Å². The smallest absolute Gasteiger partial charge is 0.0481 e.